The Morgan fingerprint density at radius 1 is 1.32 bits per heavy atom. The van der Waals surface area contributed by atoms with E-state index in [9.17, 15) is 13.2 Å². The van der Waals surface area contributed by atoms with Crippen LogP contribution in [0.3, 0.4) is 0 Å². The minimum absolute atomic E-state index is 0.0867. The van der Waals surface area contributed by atoms with Gasteiger partial charge >= 0.3 is 5.97 Å². The van der Waals surface area contributed by atoms with Crippen LogP contribution < -0.4 is 4.31 Å². The number of carbonyl (C=O) groups is 1. The summed E-state index contributed by atoms with van der Waals surface area (Å²) in [5, 5.41) is 7.90. The molecule has 2 aromatic heterocycles. The lowest BCUT2D eigenvalue weighted by atomic mass is 10.3. The van der Waals surface area contributed by atoms with Gasteiger partial charge in [0.1, 0.15) is 17.8 Å². The molecule has 0 aliphatic carbocycles. The molecular formula is C15H13ClN4O4S. The van der Waals surface area contributed by atoms with E-state index in [1.807, 2.05) is 0 Å². The van der Waals surface area contributed by atoms with Gasteiger partial charge in [-0.1, -0.05) is 17.7 Å². The first kappa shape index (κ1) is 17.2. The highest BCUT2D eigenvalue weighted by Gasteiger charge is 2.30. The molecule has 0 N–H and O–H groups in total. The van der Waals surface area contributed by atoms with Crippen LogP contribution in [0.25, 0.3) is 5.65 Å². The Labute approximate surface area is 148 Å². The summed E-state index contributed by atoms with van der Waals surface area (Å²) >= 11 is 5.97. The molecular weight excluding hydrogens is 368 g/mol. The van der Waals surface area contributed by atoms with E-state index in [1.165, 1.54) is 36.0 Å². The van der Waals surface area contributed by atoms with Gasteiger partial charge in [-0.3, -0.25) is 13.5 Å². The zero-order chi connectivity index (χ0) is 18.0. The van der Waals surface area contributed by atoms with E-state index in [0.717, 1.165) is 4.31 Å². The van der Waals surface area contributed by atoms with E-state index in [2.05, 4.69) is 14.9 Å². The topological polar surface area (TPSA) is 93.9 Å². The number of hydrogen-bond acceptors (Lipinski definition) is 6. The normalized spacial score (nSPS) is 11.4. The zero-order valence-corrected chi connectivity index (χ0v) is 14.6. The fourth-order valence-corrected chi connectivity index (χ4v) is 3.99. The molecule has 0 fully saturated rings. The van der Waals surface area contributed by atoms with E-state index >= 15 is 0 Å². The second kappa shape index (κ2) is 6.69. The van der Waals surface area contributed by atoms with Gasteiger partial charge in [0.25, 0.3) is 10.0 Å². The number of hydrogen-bond donors (Lipinski definition) is 0. The number of fused-ring (bicyclic) bond motifs is 1. The van der Waals surface area contributed by atoms with Crippen LogP contribution in [0.4, 0.5) is 5.69 Å². The van der Waals surface area contributed by atoms with Gasteiger partial charge in [-0.15, -0.1) is 10.2 Å². The number of rotatable bonds is 5. The maximum absolute atomic E-state index is 13.2. The number of sulfonamides is 1. The average Bonchev–Trinajstić information content (AvgIpc) is 3.07. The van der Waals surface area contributed by atoms with Gasteiger partial charge in [-0.2, -0.15) is 0 Å². The fraction of sp³-hybridized carbons (Fsp3) is 0.133. The molecule has 0 saturated heterocycles. The summed E-state index contributed by atoms with van der Waals surface area (Å²) in [6.45, 7) is -0.506. The molecule has 130 valence electrons. The van der Waals surface area contributed by atoms with Gasteiger partial charge < -0.3 is 4.74 Å². The Morgan fingerprint density at radius 2 is 2.12 bits per heavy atom. The zero-order valence-electron chi connectivity index (χ0n) is 13.0. The highest BCUT2D eigenvalue weighted by atomic mass is 35.5. The van der Waals surface area contributed by atoms with Crippen molar-refractivity contribution >= 4 is 38.9 Å². The molecule has 10 heteroatoms. The predicted molar refractivity (Wildman–Crippen MR) is 91.0 cm³/mol. The number of aromatic nitrogens is 3. The standard InChI is InChI=1S/C15H13ClN4O4S/c1-24-14(21)9-20(12-5-2-4-11(16)8-12)25(22,23)13-6-3-7-19-10-17-18-15(13)19/h2-8,10H,9H2,1H3. The molecule has 0 bridgehead atoms. The van der Waals surface area contributed by atoms with Crippen molar-refractivity contribution in [3.63, 3.8) is 0 Å². The third-order valence-corrected chi connectivity index (χ3v) is 5.48. The lowest BCUT2D eigenvalue weighted by Gasteiger charge is -2.23. The van der Waals surface area contributed by atoms with E-state index < -0.39 is 22.5 Å². The first-order valence-corrected chi connectivity index (χ1v) is 8.89. The molecule has 0 aliphatic rings. The molecule has 0 spiro atoms. The van der Waals surface area contributed by atoms with Crippen molar-refractivity contribution in [2.75, 3.05) is 18.0 Å². The van der Waals surface area contributed by atoms with Crippen LogP contribution in [-0.4, -0.2) is 42.6 Å². The number of nitrogens with zero attached hydrogens (tertiary/aromatic N) is 4. The predicted octanol–water partition coefficient (Wildman–Crippen LogP) is 1.75. The number of pyridine rings is 1. The van der Waals surface area contributed by atoms with Crippen LogP contribution in [0, 0.1) is 0 Å². The fourth-order valence-electron chi connectivity index (χ4n) is 2.27. The average molecular weight is 381 g/mol. The van der Waals surface area contributed by atoms with Crippen LogP contribution in [0.15, 0.2) is 53.8 Å². The second-order valence-corrected chi connectivity index (χ2v) is 7.27. The van der Waals surface area contributed by atoms with Crippen molar-refractivity contribution in [2.45, 2.75) is 4.90 Å². The Bertz CT molecular complexity index is 1030. The van der Waals surface area contributed by atoms with Gasteiger partial charge in [0, 0.05) is 11.2 Å². The van der Waals surface area contributed by atoms with Crippen molar-refractivity contribution in [3.05, 3.63) is 53.9 Å². The van der Waals surface area contributed by atoms with Crippen molar-refractivity contribution in [3.8, 4) is 0 Å². The number of esters is 1. The van der Waals surface area contributed by atoms with Crippen molar-refractivity contribution in [2.24, 2.45) is 0 Å². The van der Waals surface area contributed by atoms with Crippen LogP contribution >= 0.6 is 11.6 Å². The molecule has 2 heterocycles. The van der Waals surface area contributed by atoms with E-state index in [-0.39, 0.29) is 16.2 Å². The summed E-state index contributed by atoms with van der Waals surface area (Å²) in [5.41, 5.74) is 0.388. The molecule has 0 aliphatic heterocycles. The smallest absolute Gasteiger partial charge is 0.326 e. The minimum Gasteiger partial charge on any atom is -0.468 e. The number of anilines is 1. The quantitative estimate of drug-likeness (QED) is 0.626. The monoisotopic (exact) mass is 380 g/mol. The van der Waals surface area contributed by atoms with Crippen LogP contribution in [0.5, 0.6) is 0 Å². The van der Waals surface area contributed by atoms with Gasteiger partial charge in [0.15, 0.2) is 5.65 Å². The van der Waals surface area contributed by atoms with Gasteiger partial charge in [-0.05, 0) is 30.3 Å². The molecule has 3 rings (SSSR count). The summed E-state index contributed by atoms with van der Waals surface area (Å²) in [5.74, 6) is -0.711. The molecule has 25 heavy (non-hydrogen) atoms. The Morgan fingerprint density at radius 3 is 2.84 bits per heavy atom. The molecule has 0 amide bonds. The lowest BCUT2D eigenvalue weighted by Crippen LogP contribution is -2.36. The molecule has 0 unspecified atom stereocenters. The molecule has 0 atom stereocenters. The van der Waals surface area contributed by atoms with Gasteiger partial charge in [-0.25, -0.2) is 8.42 Å². The molecule has 3 aromatic rings. The first-order valence-electron chi connectivity index (χ1n) is 7.07. The molecule has 0 saturated carbocycles. The number of ether oxygens (including phenoxy) is 1. The van der Waals surface area contributed by atoms with Crippen molar-refractivity contribution in [1.82, 2.24) is 14.6 Å². The van der Waals surface area contributed by atoms with Gasteiger partial charge in [0.2, 0.25) is 0 Å². The second-order valence-electron chi connectivity index (χ2n) is 5.00. The summed E-state index contributed by atoms with van der Waals surface area (Å²) in [7, 11) is -2.94. The molecule has 1 aromatic carbocycles. The number of carbonyl (C=O) groups excluding carboxylic acids is 1. The summed E-state index contributed by atoms with van der Waals surface area (Å²) in [4.78, 5) is 11.7. The SMILES string of the molecule is COC(=O)CN(c1cccc(Cl)c1)S(=O)(=O)c1cccn2cnnc12. The third kappa shape index (κ3) is 3.28. The number of methoxy groups -OCH3 is 1. The first-order chi connectivity index (χ1) is 11.9. The van der Waals surface area contributed by atoms with Crippen LogP contribution in [0.1, 0.15) is 0 Å². The summed E-state index contributed by atoms with van der Waals surface area (Å²) in [6.07, 6.45) is 3.01. The third-order valence-electron chi connectivity index (χ3n) is 3.45. The maximum atomic E-state index is 13.2. The Balaban J connectivity index is 2.17. The van der Waals surface area contributed by atoms with Gasteiger partial charge in [0.05, 0.1) is 12.8 Å². The lowest BCUT2D eigenvalue weighted by molar-refractivity contribution is -0.138. The minimum atomic E-state index is -4.12. The number of benzene rings is 1. The van der Waals surface area contributed by atoms with Crippen LogP contribution in [-0.2, 0) is 19.6 Å². The van der Waals surface area contributed by atoms with Crippen molar-refractivity contribution < 1.29 is 17.9 Å². The van der Waals surface area contributed by atoms with E-state index in [4.69, 9.17) is 11.6 Å². The largest absolute Gasteiger partial charge is 0.468 e. The molecule has 8 nitrogen and oxygen atoms in total. The Kier molecular flexibility index (Phi) is 4.60. The maximum Gasteiger partial charge on any atom is 0.326 e. The summed E-state index contributed by atoms with van der Waals surface area (Å²) in [6, 6.07) is 9.14. The molecule has 0 radical (unpaired) electrons. The van der Waals surface area contributed by atoms with Crippen molar-refractivity contribution in [1.29, 1.82) is 0 Å². The highest BCUT2D eigenvalue weighted by Crippen LogP contribution is 2.27. The summed E-state index contributed by atoms with van der Waals surface area (Å²) < 4.78 is 33.4. The van der Waals surface area contributed by atoms with E-state index in [1.54, 1.807) is 24.4 Å². The highest BCUT2D eigenvalue weighted by molar-refractivity contribution is 7.93. The Hall–Kier alpha value is -2.65. The number of halogens is 1. The van der Waals surface area contributed by atoms with E-state index in [0.29, 0.717) is 5.02 Å². The van der Waals surface area contributed by atoms with Crippen LogP contribution in [0.2, 0.25) is 5.02 Å².